The molecule has 0 aliphatic carbocycles. The molecule has 0 saturated carbocycles. The Hall–Kier alpha value is -2.85. The third-order valence-corrected chi connectivity index (χ3v) is 5.69. The minimum Gasteiger partial charge on any atom is -0.280 e. The summed E-state index contributed by atoms with van der Waals surface area (Å²) in [5.74, 6) is 0. The van der Waals surface area contributed by atoms with Crippen molar-refractivity contribution in [1.29, 1.82) is 0 Å². The first kappa shape index (κ1) is 18.5. The number of anilines is 1. The highest BCUT2D eigenvalue weighted by Crippen LogP contribution is 2.39. The van der Waals surface area contributed by atoms with Gasteiger partial charge >= 0.3 is 0 Å². The largest absolute Gasteiger partial charge is 0.280 e. The highest BCUT2D eigenvalue weighted by Gasteiger charge is 2.37. The van der Waals surface area contributed by atoms with Crippen molar-refractivity contribution < 1.29 is 0 Å². The van der Waals surface area contributed by atoms with Crippen LogP contribution in [-0.4, -0.2) is 17.8 Å². The van der Waals surface area contributed by atoms with Crippen molar-refractivity contribution in [2.45, 2.75) is 19.5 Å². The summed E-state index contributed by atoms with van der Waals surface area (Å²) in [7, 11) is 0. The zero-order valence-corrected chi connectivity index (χ0v) is 17.1. The van der Waals surface area contributed by atoms with Crippen molar-refractivity contribution in [2.24, 2.45) is 9.98 Å². The van der Waals surface area contributed by atoms with E-state index in [2.05, 4.69) is 67.5 Å². The van der Waals surface area contributed by atoms with E-state index in [1.807, 2.05) is 42.7 Å². The Balaban J connectivity index is 1.91. The molecule has 0 aromatic heterocycles. The average Bonchev–Trinajstić information content (AvgIpc) is 2.75. The van der Waals surface area contributed by atoms with Crippen molar-refractivity contribution in [2.75, 3.05) is 11.2 Å². The van der Waals surface area contributed by atoms with Gasteiger partial charge in [-0.05, 0) is 31.2 Å². The van der Waals surface area contributed by atoms with E-state index in [0.29, 0.717) is 0 Å². The molecule has 0 radical (unpaired) electrons. The summed E-state index contributed by atoms with van der Waals surface area (Å²) >= 11 is 1.64. The van der Waals surface area contributed by atoms with Crippen LogP contribution in [-0.2, 0) is 5.66 Å². The Morgan fingerprint density at radius 3 is 1.79 bits per heavy atom. The van der Waals surface area contributed by atoms with E-state index >= 15 is 0 Å². The Morgan fingerprint density at radius 1 is 0.750 bits per heavy atom. The number of rotatable bonds is 3. The van der Waals surface area contributed by atoms with Crippen LogP contribution < -0.4 is 4.90 Å². The number of benzene rings is 3. The zero-order chi connectivity index (χ0) is 19.6. The Morgan fingerprint density at radius 2 is 1.29 bits per heavy atom. The van der Waals surface area contributed by atoms with Gasteiger partial charge in [0.15, 0.2) is 5.17 Å². The lowest BCUT2D eigenvalue weighted by atomic mass is 9.92. The molecule has 0 unspecified atom stereocenters. The SMILES string of the molecule is CSC1=NC(c2ccccc2)(c2ccccc2)N=CN1c1c(C)cccc1C. The average molecular weight is 386 g/mol. The van der Waals surface area contributed by atoms with Crippen LogP contribution in [0, 0.1) is 13.8 Å². The molecular weight excluding hydrogens is 362 g/mol. The second kappa shape index (κ2) is 7.64. The molecule has 0 atom stereocenters. The van der Waals surface area contributed by atoms with Crippen molar-refractivity contribution in [3.63, 3.8) is 0 Å². The molecule has 3 nitrogen and oxygen atoms in total. The molecule has 0 spiro atoms. The number of aryl methyl sites for hydroxylation is 2. The first-order valence-corrected chi connectivity index (χ1v) is 10.5. The molecule has 4 heteroatoms. The molecule has 0 fully saturated rings. The van der Waals surface area contributed by atoms with Crippen LogP contribution in [0.15, 0.2) is 88.8 Å². The molecule has 3 aromatic carbocycles. The lowest BCUT2D eigenvalue weighted by molar-refractivity contribution is 0.572. The first-order valence-electron chi connectivity index (χ1n) is 9.31. The van der Waals surface area contributed by atoms with E-state index in [9.17, 15) is 0 Å². The number of nitrogens with zero attached hydrogens (tertiary/aromatic N) is 3. The topological polar surface area (TPSA) is 28.0 Å². The fourth-order valence-corrected chi connectivity index (χ4v) is 4.24. The second-order valence-corrected chi connectivity index (χ2v) is 7.63. The molecule has 1 heterocycles. The second-order valence-electron chi connectivity index (χ2n) is 6.86. The molecule has 0 saturated heterocycles. The molecule has 4 rings (SSSR count). The number of hydrogen-bond donors (Lipinski definition) is 0. The van der Waals surface area contributed by atoms with E-state index < -0.39 is 5.66 Å². The summed E-state index contributed by atoms with van der Waals surface area (Å²) in [4.78, 5) is 12.4. The van der Waals surface area contributed by atoms with Gasteiger partial charge < -0.3 is 0 Å². The van der Waals surface area contributed by atoms with Crippen LogP contribution in [0.5, 0.6) is 0 Å². The minimum absolute atomic E-state index is 0.770. The predicted octanol–water partition coefficient (Wildman–Crippen LogP) is 5.77. The summed E-state index contributed by atoms with van der Waals surface area (Å²) in [6, 6.07) is 27.0. The van der Waals surface area contributed by atoms with Crippen LogP contribution >= 0.6 is 11.8 Å². The van der Waals surface area contributed by atoms with Crippen LogP contribution in [0.2, 0.25) is 0 Å². The van der Waals surface area contributed by atoms with Gasteiger partial charge in [-0.25, -0.2) is 9.98 Å². The third-order valence-electron chi connectivity index (χ3n) is 5.04. The summed E-state index contributed by atoms with van der Waals surface area (Å²) in [6.07, 6.45) is 4.01. The van der Waals surface area contributed by atoms with Crippen LogP contribution in [0.4, 0.5) is 5.69 Å². The minimum atomic E-state index is -0.770. The van der Waals surface area contributed by atoms with E-state index in [1.165, 1.54) is 11.1 Å². The van der Waals surface area contributed by atoms with Gasteiger partial charge in [-0.3, -0.25) is 4.90 Å². The molecule has 28 heavy (non-hydrogen) atoms. The maximum absolute atomic E-state index is 5.22. The number of para-hydroxylation sites is 1. The third kappa shape index (κ3) is 3.14. The van der Waals surface area contributed by atoms with Gasteiger partial charge in [-0.2, -0.15) is 0 Å². The lowest BCUT2D eigenvalue weighted by Crippen LogP contribution is -2.38. The standard InChI is InChI=1S/C24H23N3S/c1-18-11-10-12-19(2)22(18)27-17-25-24(26-23(27)28-3,20-13-6-4-7-14-20)21-15-8-5-9-16-21/h4-17H,1-3H3. The fourth-order valence-electron chi connectivity index (χ4n) is 3.68. The van der Waals surface area contributed by atoms with Gasteiger partial charge in [-0.1, -0.05) is 90.6 Å². The maximum atomic E-state index is 5.22. The van der Waals surface area contributed by atoms with E-state index in [-0.39, 0.29) is 0 Å². The quantitative estimate of drug-likeness (QED) is 0.572. The highest BCUT2D eigenvalue weighted by atomic mass is 32.2. The normalized spacial score (nSPS) is 15.4. The van der Waals surface area contributed by atoms with Crippen molar-refractivity contribution in [1.82, 2.24) is 0 Å². The van der Waals surface area contributed by atoms with Crippen LogP contribution in [0.25, 0.3) is 0 Å². The summed E-state index contributed by atoms with van der Waals surface area (Å²) in [5, 5.41) is 0.931. The molecule has 0 bridgehead atoms. The number of hydrogen-bond acceptors (Lipinski definition) is 4. The smallest absolute Gasteiger partial charge is 0.205 e. The summed E-state index contributed by atoms with van der Waals surface area (Å²) in [6.45, 7) is 4.26. The fraction of sp³-hybridized carbons (Fsp3) is 0.167. The highest BCUT2D eigenvalue weighted by molar-refractivity contribution is 8.13. The van der Waals surface area contributed by atoms with Gasteiger partial charge in [-0.15, -0.1) is 0 Å². The van der Waals surface area contributed by atoms with Gasteiger partial charge in [0.05, 0.1) is 12.0 Å². The monoisotopic (exact) mass is 385 g/mol. The van der Waals surface area contributed by atoms with Gasteiger partial charge in [0, 0.05) is 11.1 Å². The molecule has 0 N–H and O–H groups in total. The van der Waals surface area contributed by atoms with E-state index in [1.54, 1.807) is 11.8 Å². The van der Waals surface area contributed by atoms with Crippen molar-refractivity contribution in [3.8, 4) is 0 Å². The van der Waals surface area contributed by atoms with Crippen LogP contribution in [0.3, 0.4) is 0 Å². The number of thioether (sulfide) groups is 1. The van der Waals surface area contributed by atoms with Crippen LogP contribution in [0.1, 0.15) is 22.3 Å². The molecule has 0 amide bonds. The molecular formula is C24H23N3S. The van der Waals surface area contributed by atoms with Gasteiger partial charge in [0.25, 0.3) is 0 Å². The van der Waals surface area contributed by atoms with E-state index in [4.69, 9.17) is 9.98 Å². The Bertz CT molecular complexity index is 966. The Kier molecular flexibility index (Phi) is 5.05. The number of aliphatic imine (C=N–C) groups is 2. The van der Waals surface area contributed by atoms with Gasteiger partial charge in [0.1, 0.15) is 0 Å². The molecule has 1 aliphatic rings. The molecule has 140 valence electrons. The van der Waals surface area contributed by atoms with E-state index in [0.717, 1.165) is 22.0 Å². The molecule has 3 aromatic rings. The zero-order valence-electron chi connectivity index (χ0n) is 16.3. The lowest BCUT2D eigenvalue weighted by Gasteiger charge is -2.35. The summed E-state index contributed by atoms with van der Waals surface area (Å²) in [5.41, 5.74) is 4.91. The first-order chi connectivity index (χ1) is 13.7. The number of amidine groups is 1. The molecule has 1 aliphatic heterocycles. The maximum Gasteiger partial charge on any atom is 0.205 e. The van der Waals surface area contributed by atoms with Crippen molar-refractivity contribution >= 4 is 29.0 Å². The Labute approximate surface area is 170 Å². The summed E-state index contributed by atoms with van der Waals surface area (Å²) < 4.78 is 0. The predicted molar refractivity (Wildman–Crippen MR) is 122 cm³/mol. The van der Waals surface area contributed by atoms with Gasteiger partial charge in [0.2, 0.25) is 5.66 Å². The van der Waals surface area contributed by atoms with Crippen molar-refractivity contribution in [3.05, 3.63) is 101 Å².